The van der Waals surface area contributed by atoms with Gasteiger partial charge in [0.2, 0.25) is 0 Å². The molecule has 2 heterocycles. The van der Waals surface area contributed by atoms with Crippen molar-refractivity contribution in [1.29, 1.82) is 0 Å². The monoisotopic (exact) mass is 361 g/mol. The Bertz CT molecular complexity index is 889. The van der Waals surface area contributed by atoms with Crippen molar-refractivity contribution in [2.75, 3.05) is 21.3 Å². The van der Waals surface area contributed by atoms with Gasteiger partial charge < -0.3 is 18.8 Å². The highest BCUT2D eigenvalue weighted by Crippen LogP contribution is 2.53. The summed E-state index contributed by atoms with van der Waals surface area (Å²) in [7, 11) is 3.50. The first-order valence-corrected chi connectivity index (χ1v) is 8.95. The topological polar surface area (TPSA) is 69.0 Å². The van der Waals surface area contributed by atoms with E-state index in [-0.39, 0.29) is 5.30 Å². The molecule has 0 amide bonds. The van der Waals surface area contributed by atoms with Crippen molar-refractivity contribution < 1.29 is 18.7 Å². The Kier molecular flexibility index (Phi) is 4.85. The number of rotatable bonds is 4. The van der Waals surface area contributed by atoms with Gasteiger partial charge in [-0.3, -0.25) is 0 Å². The lowest BCUT2D eigenvalue weighted by Gasteiger charge is -2.27. The number of nitrogens with zero attached hydrogens (tertiary/aromatic N) is 1. The second-order valence-electron chi connectivity index (χ2n) is 5.52. The minimum Gasteiger partial charge on any atom is -0.497 e. The molecule has 1 aliphatic rings. The van der Waals surface area contributed by atoms with E-state index in [1.807, 2.05) is 36.2 Å². The Morgan fingerprint density at radius 1 is 1.24 bits per heavy atom. The Labute approximate surface area is 148 Å². The van der Waals surface area contributed by atoms with Crippen molar-refractivity contribution >= 4 is 22.3 Å². The van der Waals surface area contributed by atoms with E-state index in [0.717, 1.165) is 16.3 Å². The highest BCUT2D eigenvalue weighted by atomic mass is 32.2. The summed E-state index contributed by atoms with van der Waals surface area (Å²) in [6.45, 7) is 0.580. The van der Waals surface area contributed by atoms with Crippen LogP contribution in [-0.4, -0.2) is 31.5 Å². The van der Waals surface area contributed by atoms with Crippen LogP contribution in [0.15, 0.2) is 55.5 Å². The average molecular weight is 361 g/mol. The fourth-order valence-corrected chi connectivity index (χ4v) is 4.73. The largest absolute Gasteiger partial charge is 0.497 e. The van der Waals surface area contributed by atoms with Gasteiger partial charge in [-0.1, -0.05) is 23.0 Å². The second-order valence-corrected chi connectivity index (χ2v) is 7.50. The van der Waals surface area contributed by atoms with E-state index in [1.54, 1.807) is 19.3 Å². The first-order chi connectivity index (χ1) is 12.0. The van der Waals surface area contributed by atoms with E-state index in [9.17, 15) is 9.59 Å². The van der Waals surface area contributed by atoms with Gasteiger partial charge in [-0.05, 0) is 23.8 Å². The molecule has 0 saturated carbocycles. The number of ether oxygens (including phenoxy) is 2. The Balaban J connectivity index is 1.92. The molecule has 1 aliphatic heterocycles. The summed E-state index contributed by atoms with van der Waals surface area (Å²) in [5, 5.41) is 0.459. The molecular weight excluding hydrogens is 342 g/mol. The number of fused-ring (bicyclic) bond motifs is 1. The molecule has 0 bridgehead atoms. The maximum absolute atomic E-state index is 12.3. The molecule has 1 atom stereocenters. The van der Waals surface area contributed by atoms with Crippen LogP contribution >= 0.6 is 10.9 Å². The third-order valence-electron chi connectivity index (χ3n) is 3.87. The van der Waals surface area contributed by atoms with Gasteiger partial charge in [-0.15, -0.1) is 0 Å². The molecule has 7 heteroatoms. The summed E-state index contributed by atoms with van der Waals surface area (Å²) >= 11 is 0. The molecule has 1 aromatic heterocycles. The van der Waals surface area contributed by atoms with Gasteiger partial charge in [0.1, 0.15) is 11.5 Å². The lowest BCUT2D eigenvalue weighted by Crippen LogP contribution is -2.18. The Morgan fingerprint density at radius 2 is 2.04 bits per heavy atom. The summed E-state index contributed by atoms with van der Waals surface area (Å²) in [6, 6.07) is 10.7. The summed E-state index contributed by atoms with van der Waals surface area (Å²) < 4.78 is 15.5. The predicted octanol–water partition coefficient (Wildman–Crippen LogP) is 3.22. The van der Waals surface area contributed by atoms with Crippen LogP contribution in [0.2, 0.25) is 0 Å². The Morgan fingerprint density at radius 3 is 2.76 bits per heavy atom. The van der Waals surface area contributed by atoms with Gasteiger partial charge in [-0.25, -0.2) is 9.59 Å². The van der Waals surface area contributed by atoms with E-state index in [2.05, 4.69) is 0 Å². The van der Waals surface area contributed by atoms with Gasteiger partial charge in [-0.2, -0.15) is 0 Å². The number of thiol groups is 1. The molecule has 2 aromatic rings. The van der Waals surface area contributed by atoms with E-state index in [1.165, 1.54) is 13.2 Å². The number of benzene rings is 1. The third kappa shape index (κ3) is 3.41. The van der Waals surface area contributed by atoms with Gasteiger partial charge in [0.05, 0.1) is 19.2 Å². The average Bonchev–Trinajstić information content (AvgIpc) is 2.99. The van der Waals surface area contributed by atoms with E-state index >= 15 is 0 Å². The van der Waals surface area contributed by atoms with Crippen molar-refractivity contribution in [3.05, 3.63) is 63.2 Å². The molecule has 0 fully saturated rings. The molecule has 6 nitrogen and oxygen atoms in total. The molecule has 25 heavy (non-hydrogen) atoms. The van der Waals surface area contributed by atoms with Crippen LogP contribution in [0.25, 0.3) is 6.08 Å². The molecule has 0 aliphatic carbocycles. The van der Waals surface area contributed by atoms with Gasteiger partial charge in [0, 0.05) is 30.6 Å². The Hall–Kier alpha value is -2.67. The maximum Gasteiger partial charge on any atom is 0.356 e. The molecular formula is C18H19NO5S. The zero-order chi connectivity index (χ0) is 18.0. The van der Waals surface area contributed by atoms with Crippen molar-refractivity contribution in [3.8, 4) is 5.75 Å². The summed E-state index contributed by atoms with van der Waals surface area (Å²) in [6.07, 6.45) is 1.75. The number of hydrogen-bond donors (Lipinski definition) is 1. The highest BCUT2D eigenvalue weighted by molar-refractivity contribution is 8.32. The molecule has 0 radical (unpaired) electrons. The standard InChI is InChI=1S/C18H19NO5S/c1-19(11-12-5-4-6-13(9-12)22-2)16-10-14-15(7-8-17(20)24-14)25(16)18(21)23-3/h4-10,25H,11H2,1-3H3. The number of hydrogen-bond acceptors (Lipinski definition) is 6. The molecule has 1 unspecified atom stereocenters. The van der Waals surface area contributed by atoms with E-state index in [0.29, 0.717) is 17.2 Å². The summed E-state index contributed by atoms with van der Waals surface area (Å²) in [4.78, 5) is 26.5. The van der Waals surface area contributed by atoms with E-state index < -0.39 is 16.5 Å². The van der Waals surface area contributed by atoms with Crippen LogP contribution in [0.3, 0.4) is 0 Å². The lowest BCUT2D eigenvalue weighted by atomic mass is 10.2. The molecule has 0 N–H and O–H groups in total. The number of methoxy groups -OCH3 is 2. The van der Waals surface area contributed by atoms with Crippen molar-refractivity contribution in [1.82, 2.24) is 4.90 Å². The summed E-state index contributed by atoms with van der Waals surface area (Å²) in [5.41, 5.74) is 0.603. The predicted molar refractivity (Wildman–Crippen MR) is 97.1 cm³/mol. The van der Waals surface area contributed by atoms with Gasteiger partial charge in [0.15, 0.2) is 0 Å². The third-order valence-corrected chi connectivity index (χ3v) is 6.20. The van der Waals surface area contributed by atoms with Crippen molar-refractivity contribution in [2.24, 2.45) is 0 Å². The fourth-order valence-electron chi connectivity index (χ4n) is 2.71. The smallest absolute Gasteiger partial charge is 0.356 e. The lowest BCUT2D eigenvalue weighted by molar-refractivity contribution is 0.199. The van der Waals surface area contributed by atoms with Crippen molar-refractivity contribution in [3.63, 3.8) is 0 Å². The summed E-state index contributed by atoms with van der Waals surface area (Å²) in [5.74, 6) is 1.20. The van der Waals surface area contributed by atoms with Gasteiger partial charge in [0.25, 0.3) is 0 Å². The normalized spacial score (nSPS) is 16.8. The van der Waals surface area contributed by atoms with Crippen LogP contribution in [-0.2, 0) is 11.3 Å². The van der Waals surface area contributed by atoms with Crippen LogP contribution in [0, 0.1) is 0 Å². The van der Waals surface area contributed by atoms with Crippen LogP contribution in [0.5, 0.6) is 5.75 Å². The first kappa shape index (κ1) is 17.2. The zero-order valence-electron chi connectivity index (χ0n) is 14.2. The van der Waals surface area contributed by atoms with Crippen LogP contribution in [0.4, 0.5) is 4.79 Å². The van der Waals surface area contributed by atoms with Crippen molar-refractivity contribution in [2.45, 2.75) is 11.4 Å². The molecule has 132 valence electrons. The maximum atomic E-state index is 12.3. The highest BCUT2D eigenvalue weighted by Gasteiger charge is 2.32. The van der Waals surface area contributed by atoms with E-state index in [4.69, 9.17) is 13.9 Å². The minimum absolute atomic E-state index is 0.327. The zero-order valence-corrected chi connectivity index (χ0v) is 15.1. The fraction of sp³-hybridized carbons (Fsp3) is 0.222. The van der Waals surface area contributed by atoms with Crippen LogP contribution < -0.4 is 10.4 Å². The van der Waals surface area contributed by atoms with Gasteiger partial charge >= 0.3 is 10.9 Å². The number of carbonyl (C=O) groups is 1. The second kappa shape index (κ2) is 7.06. The molecule has 0 spiro atoms. The quantitative estimate of drug-likeness (QED) is 0.666. The SMILES string of the molecule is COC(=O)[SH]1C(N(C)Cc2cccc(OC)c2)=Cc2oc(=O)ccc21. The van der Waals surface area contributed by atoms with Crippen LogP contribution in [0.1, 0.15) is 11.3 Å². The molecule has 1 aromatic carbocycles. The molecule has 3 rings (SSSR count). The minimum atomic E-state index is -1.38. The first-order valence-electron chi connectivity index (χ1n) is 7.61. The molecule has 0 saturated heterocycles. The number of carbonyl (C=O) groups excluding carboxylic acids is 1.